The number of halogens is 1. The molecule has 0 aliphatic carbocycles. The van der Waals surface area contributed by atoms with Gasteiger partial charge in [-0.15, -0.1) is 0 Å². The molecule has 1 aromatic carbocycles. The van der Waals surface area contributed by atoms with Crippen molar-refractivity contribution in [2.24, 2.45) is 0 Å². The lowest BCUT2D eigenvalue weighted by molar-refractivity contribution is 0.0922. The van der Waals surface area contributed by atoms with Crippen LogP contribution in [0, 0.1) is 5.82 Å². The largest absolute Gasteiger partial charge is 0.381 e. The fourth-order valence-corrected chi connectivity index (χ4v) is 2.58. The van der Waals surface area contributed by atoms with Gasteiger partial charge in [-0.05, 0) is 43.5 Å². The van der Waals surface area contributed by atoms with Crippen molar-refractivity contribution in [3.05, 3.63) is 48.3 Å². The molecule has 0 bridgehead atoms. The predicted molar refractivity (Wildman–Crippen MR) is 79.4 cm³/mol. The third kappa shape index (κ3) is 3.33. The van der Waals surface area contributed by atoms with Gasteiger partial charge in [0.05, 0.1) is 12.5 Å². The zero-order valence-corrected chi connectivity index (χ0v) is 12.2. The standard InChI is InChI=1S/C16H18FN3O2/c17-12-3-5-14(6-4-12)20-11-18-10-15(20)16(21)19-13-2-1-8-22-9-7-13/h3-6,10-11,13H,1-2,7-9H2,(H,19,21)/t13-/m1/s1. The molecule has 1 N–H and O–H groups in total. The highest BCUT2D eigenvalue weighted by Crippen LogP contribution is 2.14. The minimum atomic E-state index is -0.312. The van der Waals surface area contributed by atoms with Gasteiger partial charge in [0.25, 0.3) is 5.91 Å². The van der Waals surface area contributed by atoms with Gasteiger partial charge in [0, 0.05) is 24.9 Å². The summed E-state index contributed by atoms with van der Waals surface area (Å²) in [5.74, 6) is -0.484. The normalized spacial score (nSPS) is 18.7. The molecule has 0 radical (unpaired) electrons. The molecule has 116 valence electrons. The highest BCUT2D eigenvalue weighted by atomic mass is 19.1. The molecule has 22 heavy (non-hydrogen) atoms. The molecular formula is C16H18FN3O2. The van der Waals surface area contributed by atoms with Crippen LogP contribution in [0.1, 0.15) is 29.8 Å². The van der Waals surface area contributed by atoms with Crippen LogP contribution in [0.5, 0.6) is 0 Å². The van der Waals surface area contributed by atoms with Crippen LogP contribution in [0.25, 0.3) is 5.69 Å². The Bertz CT molecular complexity index is 631. The number of hydrogen-bond acceptors (Lipinski definition) is 3. The summed E-state index contributed by atoms with van der Waals surface area (Å²) in [5, 5.41) is 3.03. The molecule has 0 spiro atoms. The number of imidazole rings is 1. The maximum absolute atomic E-state index is 13.0. The van der Waals surface area contributed by atoms with Crippen molar-refractivity contribution in [1.29, 1.82) is 0 Å². The lowest BCUT2D eigenvalue weighted by atomic mass is 10.1. The molecule has 3 rings (SSSR count). The molecule has 2 aromatic rings. The number of hydrogen-bond donors (Lipinski definition) is 1. The van der Waals surface area contributed by atoms with Crippen LogP contribution in [0.2, 0.25) is 0 Å². The van der Waals surface area contributed by atoms with Crippen LogP contribution in [0.3, 0.4) is 0 Å². The zero-order chi connectivity index (χ0) is 15.4. The second-order valence-corrected chi connectivity index (χ2v) is 5.34. The number of aromatic nitrogens is 2. The fraction of sp³-hybridized carbons (Fsp3) is 0.375. The van der Waals surface area contributed by atoms with E-state index in [0.717, 1.165) is 25.9 Å². The summed E-state index contributed by atoms with van der Waals surface area (Å²) in [6.45, 7) is 1.42. The third-order valence-electron chi connectivity index (χ3n) is 3.76. The summed E-state index contributed by atoms with van der Waals surface area (Å²) < 4.78 is 20.1. The minimum Gasteiger partial charge on any atom is -0.381 e. The SMILES string of the molecule is O=C(N[C@@H]1CCCOCC1)c1cncn1-c1ccc(F)cc1. The van der Waals surface area contributed by atoms with Crippen molar-refractivity contribution < 1.29 is 13.9 Å². The Morgan fingerprint density at radius 2 is 2.09 bits per heavy atom. The average molecular weight is 303 g/mol. The number of amides is 1. The molecular weight excluding hydrogens is 285 g/mol. The average Bonchev–Trinajstić information content (AvgIpc) is 2.87. The van der Waals surface area contributed by atoms with Gasteiger partial charge in [-0.1, -0.05) is 0 Å². The van der Waals surface area contributed by atoms with E-state index in [1.807, 2.05) is 0 Å². The first-order chi connectivity index (χ1) is 10.7. The second-order valence-electron chi connectivity index (χ2n) is 5.34. The predicted octanol–water partition coefficient (Wildman–Crippen LogP) is 2.31. The zero-order valence-electron chi connectivity index (χ0n) is 12.2. The maximum Gasteiger partial charge on any atom is 0.270 e. The summed E-state index contributed by atoms with van der Waals surface area (Å²) in [5.41, 5.74) is 1.14. The van der Waals surface area contributed by atoms with Crippen molar-refractivity contribution in [2.45, 2.75) is 25.3 Å². The molecule has 6 heteroatoms. The van der Waals surface area contributed by atoms with E-state index in [2.05, 4.69) is 10.3 Å². The summed E-state index contributed by atoms with van der Waals surface area (Å²) >= 11 is 0. The molecule has 0 unspecified atom stereocenters. The van der Waals surface area contributed by atoms with E-state index in [-0.39, 0.29) is 17.8 Å². The number of ether oxygens (including phenoxy) is 1. The maximum atomic E-state index is 13.0. The molecule has 1 aromatic heterocycles. The molecule has 1 saturated heterocycles. The van der Waals surface area contributed by atoms with E-state index in [0.29, 0.717) is 18.0 Å². The number of nitrogens with one attached hydrogen (secondary N) is 1. The van der Waals surface area contributed by atoms with Gasteiger partial charge in [-0.2, -0.15) is 0 Å². The topological polar surface area (TPSA) is 56.1 Å². The number of carbonyl (C=O) groups excluding carboxylic acids is 1. The van der Waals surface area contributed by atoms with Crippen LogP contribution >= 0.6 is 0 Å². The van der Waals surface area contributed by atoms with Crippen LogP contribution < -0.4 is 5.32 Å². The summed E-state index contributed by atoms with van der Waals surface area (Å²) in [6.07, 6.45) is 5.75. The summed E-state index contributed by atoms with van der Waals surface area (Å²) in [7, 11) is 0. The lowest BCUT2D eigenvalue weighted by Gasteiger charge is -2.16. The Labute approximate surface area is 128 Å². The van der Waals surface area contributed by atoms with Crippen molar-refractivity contribution >= 4 is 5.91 Å². The van der Waals surface area contributed by atoms with Crippen LogP contribution in [0.4, 0.5) is 4.39 Å². The van der Waals surface area contributed by atoms with Gasteiger partial charge in [0.15, 0.2) is 0 Å². The van der Waals surface area contributed by atoms with Crippen molar-refractivity contribution in [1.82, 2.24) is 14.9 Å². The first kappa shape index (κ1) is 14.7. The quantitative estimate of drug-likeness (QED) is 0.946. The molecule has 1 fully saturated rings. The highest BCUT2D eigenvalue weighted by Gasteiger charge is 2.19. The van der Waals surface area contributed by atoms with Gasteiger partial charge >= 0.3 is 0 Å². The van der Waals surface area contributed by atoms with Crippen molar-refractivity contribution in [3.8, 4) is 5.69 Å². The van der Waals surface area contributed by atoms with E-state index in [1.165, 1.54) is 18.3 Å². The lowest BCUT2D eigenvalue weighted by Crippen LogP contribution is -2.36. The second kappa shape index (κ2) is 6.70. The summed E-state index contributed by atoms with van der Waals surface area (Å²) in [4.78, 5) is 16.5. The van der Waals surface area contributed by atoms with Gasteiger partial charge in [0.1, 0.15) is 11.5 Å². The van der Waals surface area contributed by atoms with Gasteiger partial charge in [-0.25, -0.2) is 9.37 Å². The number of rotatable bonds is 3. The Kier molecular flexibility index (Phi) is 4.48. The van der Waals surface area contributed by atoms with Crippen molar-refractivity contribution in [2.75, 3.05) is 13.2 Å². The number of nitrogens with zero attached hydrogens (tertiary/aromatic N) is 2. The fourth-order valence-electron chi connectivity index (χ4n) is 2.58. The molecule has 1 atom stereocenters. The van der Waals surface area contributed by atoms with Crippen LogP contribution in [0.15, 0.2) is 36.8 Å². The molecule has 0 saturated carbocycles. The van der Waals surface area contributed by atoms with Crippen molar-refractivity contribution in [3.63, 3.8) is 0 Å². The smallest absolute Gasteiger partial charge is 0.270 e. The van der Waals surface area contributed by atoms with E-state index in [4.69, 9.17) is 4.74 Å². The van der Waals surface area contributed by atoms with Crippen LogP contribution in [-0.4, -0.2) is 34.7 Å². The Hall–Kier alpha value is -2.21. The Balaban J connectivity index is 1.76. The minimum absolute atomic E-state index is 0.117. The van der Waals surface area contributed by atoms with Gasteiger partial charge in [0.2, 0.25) is 0 Å². The van der Waals surface area contributed by atoms with E-state index in [9.17, 15) is 9.18 Å². The molecule has 1 amide bonds. The molecule has 2 heterocycles. The van der Waals surface area contributed by atoms with Gasteiger partial charge in [-0.3, -0.25) is 9.36 Å². The third-order valence-corrected chi connectivity index (χ3v) is 3.76. The van der Waals surface area contributed by atoms with E-state index < -0.39 is 0 Å². The highest BCUT2D eigenvalue weighted by molar-refractivity contribution is 5.93. The Morgan fingerprint density at radius 3 is 2.91 bits per heavy atom. The molecule has 1 aliphatic heterocycles. The van der Waals surface area contributed by atoms with E-state index >= 15 is 0 Å². The van der Waals surface area contributed by atoms with Crippen LogP contribution in [-0.2, 0) is 4.74 Å². The summed E-state index contributed by atoms with van der Waals surface area (Å²) in [6, 6.07) is 6.08. The van der Waals surface area contributed by atoms with Gasteiger partial charge < -0.3 is 10.1 Å². The Morgan fingerprint density at radius 1 is 1.27 bits per heavy atom. The molecule has 1 aliphatic rings. The molecule has 5 nitrogen and oxygen atoms in total. The number of benzene rings is 1. The first-order valence-corrected chi connectivity index (χ1v) is 7.41. The number of carbonyl (C=O) groups is 1. The van der Waals surface area contributed by atoms with E-state index in [1.54, 1.807) is 23.0 Å². The monoisotopic (exact) mass is 303 g/mol. The first-order valence-electron chi connectivity index (χ1n) is 7.41.